The second kappa shape index (κ2) is 8.65. The molecule has 3 rings (SSSR count). The third-order valence-electron chi connectivity index (χ3n) is 5.62. The Labute approximate surface area is 151 Å². The Morgan fingerprint density at radius 1 is 1.24 bits per heavy atom. The number of nitrogens with zero attached hydrogens (tertiary/aromatic N) is 3. The average molecular weight is 345 g/mol. The summed E-state index contributed by atoms with van der Waals surface area (Å²) >= 11 is 0. The van der Waals surface area contributed by atoms with Crippen LogP contribution in [-0.2, 0) is 6.54 Å². The second-order valence-electron chi connectivity index (χ2n) is 7.90. The van der Waals surface area contributed by atoms with E-state index in [1.165, 1.54) is 32.4 Å². The Balaban J connectivity index is 1.43. The van der Waals surface area contributed by atoms with Gasteiger partial charge in [-0.1, -0.05) is 13.0 Å². The third-order valence-corrected chi connectivity index (χ3v) is 5.62. The summed E-state index contributed by atoms with van der Waals surface area (Å²) in [5, 5.41) is 3.05. The molecule has 0 spiro atoms. The molecule has 2 aliphatic rings. The van der Waals surface area contributed by atoms with E-state index in [-0.39, 0.29) is 6.03 Å². The second-order valence-corrected chi connectivity index (χ2v) is 7.90. The lowest BCUT2D eigenvalue weighted by molar-refractivity contribution is 0.120. The van der Waals surface area contributed by atoms with Crippen molar-refractivity contribution in [1.29, 1.82) is 0 Å². The Hall–Kier alpha value is -1.62. The summed E-state index contributed by atoms with van der Waals surface area (Å²) in [5.74, 6) is 1.50. The van der Waals surface area contributed by atoms with Crippen molar-refractivity contribution in [2.75, 3.05) is 32.7 Å². The molecule has 0 aromatic carbocycles. The fraction of sp³-hybridized carbons (Fsp3) is 0.700. The van der Waals surface area contributed by atoms with E-state index in [9.17, 15) is 4.79 Å². The fourth-order valence-corrected chi connectivity index (χ4v) is 3.90. The average Bonchev–Trinajstić information content (AvgIpc) is 2.63. The number of hydrogen-bond acceptors (Lipinski definition) is 3. The number of carbonyl (C=O) groups excluding carboxylic acids is 1. The van der Waals surface area contributed by atoms with Gasteiger partial charge in [0.25, 0.3) is 0 Å². The number of piperidine rings is 2. The molecule has 0 unspecified atom stereocenters. The number of nitrogens with one attached hydrogen (secondary N) is 1. The monoisotopic (exact) mass is 344 g/mol. The largest absolute Gasteiger partial charge is 0.334 e. The molecule has 0 saturated carbocycles. The van der Waals surface area contributed by atoms with E-state index in [1.54, 1.807) is 0 Å². The van der Waals surface area contributed by atoms with E-state index in [2.05, 4.69) is 22.1 Å². The van der Waals surface area contributed by atoms with Crippen molar-refractivity contribution in [3.05, 3.63) is 29.6 Å². The van der Waals surface area contributed by atoms with Crippen molar-refractivity contribution < 1.29 is 4.79 Å². The quantitative estimate of drug-likeness (QED) is 0.913. The zero-order valence-corrected chi connectivity index (χ0v) is 15.7. The summed E-state index contributed by atoms with van der Waals surface area (Å²) < 4.78 is 0. The number of aryl methyl sites for hydroxylation is 1. The first-order chi connectivity index (χ1) is 12.1. The van der Waals surface area contributed by atoms with Gasteiger partial charge in [0.15, 0.2) is 0 Å². The van der Waals surface area contributed by atoms with Gasteiger partial charge in [-0.3, -0.25) is 4.98 Å². The van der Waals surface area contributed by atoms with Crippen molar-refractivity contribution in [3.63, 3.8) is 0 Å². The number of pyridine rings is 1. The van der Waals surface area contributed by atoms with Crippen LogP contribution in [0.25, 0.3) is 0 Å². The zero-order valence-electron chi connectivity index (χ0n) is 15.7. The van der Waals surface area contributed by atoms with E-state index in [1.807, 2.05) is 30.2 Å². The number of amides is 2. The van der Waals surface area contributed by atoms with Gasteiger partial charge in [0.2, 0.25) is 0 Å². The summed E-state index contributed by atoms with van der Waals surface area (Å²) in [5.41, 5.74) is 2.05. The molecular formula is C20H32N4O. The lowest BCUT2D eigenvalue weighted by Crippen LogP contribution is -2.48. The summed E-state index contributed by atoms with van der Waals surface area (Å²) in [4.78, 5) is 21.4. The number of likely N-dealkylation sites (tertiary alicyclic amines) is 2. The number of aromatic nitrogens is 1. The first-order valence-corrected chi connectivity index (χ1v) is 9.77. The van der Waals surface area contributed by atoms with Crippen LogP contribution in [-0.4, -0.2) is 53.5 Å². The molecule has 3 heterocycles. The molecular weight excluding hydrogens is 312 g/mol. The number of carbonyl (C=O) groups is 1. The maximum absolute atomic E-state index is 12.5. The lowest BCUT2D eigenvalue weighted by atomic mass is 9.94. The number of hydrogen-bond donors (Lipinski definition) is 1. The molecule has 5 heteroatoms. The van der Waals surface area contributed by atoms with E-state index in [0.717, 1.165) is 43.2 Å². The molecule has 138 valence electrons. The van der Waals surface area contributed by atoms with E-state index < -0.39 is 0 Å². The molecule has 2 amide bonds. The predicted octanol–water partition coefficient (Wildman–Crippen LogP) is 3.04. The van der Waals surface area contributed by atoms with Crippen LogP contribution in [0, 0.1) is 18.8 Å². The maximum Gasteiger partial charge on any atom is 0.317 e. The van der Waals surface area contributed by atoms with Gasteiger partial charge in [0.1, 0.15) is 0 Å². The first-order valence-electron chi connectivity index (χ1n) is 9.77. The minimum absolute atomic E-state index is 0.0672. The van der Waals surface area contributed by atoms with Crippen LogP contribution in [0.15, 0.2) is 18.3 Å². The normalized spacial score (nSPS) is 22.8. The van der Waals surface area contributed by atoms with Crippen molar-refractivity contribution in [2.45, 2.75) is 46.1 Å². The summed E-state index contributed by atoms with van der Waals surface area (Å²) in [6, 6.07) is 4.08. The Kier molecular flexibility index (Phi) is 6.29. The van der Waals surface area contributed by atoms with Crippen molar-refractivity contribution >= 4 is 6.03 Å². The predicted molar refractivity (Wildman–Crippen MR) is 100 cm³/mol. The smallest absolute Gasteiger partial charge is 0.317 e. The Morgan fingerprint density at radius 3 is 2.76 bits per heavy atom. The SMILES string of the molecule is Cc1ccc(CNC(=O)N2CCC[C@@H](CN3CCC(C)CC3)C2)cn1. The molecule has 2 saturated heterocycles. The molecule has 1 aromatic rings. The molecule has 1 aromatic heterocycles. The molecule has 2 fully saturated rings. The van der Waals surface area contributed by atoms with Crippen LogP contribution in [0.1, 0.15) is 43.9 Å². The van der Waals surface area contributed by atoms with Crippen LogP contribution in [0.2, 0.25) is 0 Å². The molecule has 0 aliphatic carbocycles. The summed E-state index contributed by atoms with van der Waals surface area (Å²) in [7, 11) is 0. The highest BCUT2D eigenvalue weighted by Crippen LogP contribution is 2.21. The highest BCUT2D eigenvalue weighted by atomic mass is 16.2. The van der Waals surface area contributed by atoms with Gasteiger partial charge in [0.05, 0.1) is 0 Å². The number of rotatable bonds is 4. The van der Waals surface area contributed by atoms with Crippen molar-refractivity contribution in [3.8, 4) is 0 Å². The lowest BCUT2D eigenvalue weighted by Gasteiger charge is -2.37. The maximum atomic E-state index is 12.5. The molecule has 2 aliphatic heterocycles. The summed E-state index contributed by atoms with van der Waals surface area (Å²) in [6.07, 6.45) is 6.85. The van der Waals surface area contributed by atoms with E-state index in [0.29, 0.717) is 12.5 Å². The summed E-state index contributed by atoms with van der Waals surface area (Å²) in [6.45, 7) is 10.3. The van der Waals surface area contributed by atoms with Gasteiger partial charge < -0.3 is 15.1 Å². The molecule has 1 atom stereocenters. The van der Waals surface area contributed by atoms with E-state index >= 15 is 0 Å². The molecule has 25 heavy (non-hydrogen) atoms. The van der Waals surface area contributed by atoms with Crippen LogP contribution in [0.4, 0.5) is 4.79 Å². The molecule has 5 nitrogen and oxygen atoms in total. The fourth-order valence-electron chi connectivity index (χ4n) is 3.90. The number of urea groups is 1. The third kappa shape index (κ3) is 5.43. The van der Waals surface area contributed by atoms with Crippen LogP contribution in [0.5, 0.6) is 0 Å². The first kappa shape index (κ1) is 18.2. The van der Waals surface area contributed by atoms with Crippen LogP contribution < -0.4 is 5.32 Å². The standard InChI is InChI=1S/C20H32N4O/c1-16-7-10-23(11-8-16)14-19-4-3-9-24(15-19)20(25)22-13-18-6-5-17(2)21-12-18/h5-6,12,16,19H,3-4,7-11,13-15H2,1-2H3,(H,22,25)/t19-/m0/s1. The molecule has 0 radical (unpaired) electrons. The minimum atomic E-state index is 0.0672. The molecule has 0 bridgehead atoms. The van der Waals surface area contributed by atoms with Gasteiger partial charge in [0, 0.05) is 38.1 Å². The van der Waals surface area contributed by atoms with Crippen molar-refractivity contribution in [2.24, 2.45) is 11.8 Å². The Morgan fingerprint density at radius 2 is 2.04 bits per heavy atom. The van der Waals surface area contributed by atoms with Gasteiger partial charge in [-0.2, -0.15) is 0 Å². The minimum Gasteiger partial charge on any atom is -0.334 e. The zero-order chi connectivity index (χ0) is 17.6. The molecule has 1 N–H and O–H groups in total. The highest BCUT2D eigenvalue weighted by Gasteiger charge is 2.26. The Bertz CT molecular complexity index is 551. The van der Waals surface area contributed by atoms with Gasteiger partial charge in [-0.15, -0.1) is 0 Å². The van der Waals surface area contributed by atoms with Crippen molar-refractivity contribution in [1.82, 2.24) is 20.1 Å². The van der Waals surface area contributed by atoms with E-state index in [4.69, 9.17) is 0 Å². The van der Waals surface area contributed by atoms with Gasteiger partial charge in [-0.05, 0) is 69.2 Å². The highest BCUT2D eigenvalue weighted by molar-refractivity contribution is 5.74. The van der Waals surface area contributed by atoms with Crippen LogP contribution >= 0.6 is 0 Å². The van der Waals surface area contributed by atoms with Crippen LogP contribution in [0.3, 0.4) is 0 Å². The topological polar surface area (TPSA) is 48.5 Å². The van der Waals surface area contributed by atoms with Gasteiger partial charge >= 0.3 is 6.03 Å². The van der Waals surface area contributed by atoms with Gasteiger partial charge in [-0.25, -0.2) is 4.79 Å².